The minimum atomic E-state index is -0.207. The lowest BCUT2D eigenvalue weighted by molar-refractivity contribution is 0.413. The van der Waals surface area contributed by atoms with Crippen LogP contribution in [0, 0.1) is 0 Å². The van der Waals surface area contributed by atoms with Gasteiger partial charge in [0.25, 0.3) is 0 Å². The average molecular weight is 366 g/mol. The van der Waals surface area contributed by atoms with E-state index in [0.29, 0.717) is 0 Å². The fraction of sp³-hybridized carbons (Fsp3) is 0.188. The Kier molecular flexibility index (Phi) is 3.91. The monoisotopic (exact) mass is 364 g/mol. The smallest absolute Gasteiger partial charge is 0.142 e. The number of benzene rings is 2. The van der Waals surface area contributed by atoms with Crippen molar-refractivity contribution in [3.05, 3.63) is 52.8 Å². The molecule has 0 fully saturated rings. The van der Waals surface area contributed by atoms with E-state index in [1.165, 1.54) is 0 Å². The molecular weight excluding hydrogens is 352 g/mol. The van der Waals surface area contributed by atoms with Crippen LogP contribution in [0.25, 0.3) is 16.7 Å². The summed E-state index contributed by atoms with van der Waals surface area (Å²) in [6.45, 7) is 1.92. The molecule has 108 valence electrons. The van der Waals surface area contributed by atoms with Crippen LogP contribution in [0.4, 0.5) is 0 Å². The highest BCUT2D eigenvalue weighted by atomic mass is 79.9. The van der Waals surface area contributed by atoms with Gasteiger partial charge in [-0.3, -0.25) is 4.57 Å². The fourth-order valence-electron chi connectivity index (χ4n) is 2.40. The number of hydrogen-bond donors (Lipinski definition) is 0. The molecule has 0 saturated carbocycles. The topological polar surface area (TPSA) is 27.1 Å². The van der Waals surface area contributed by atoms with E-state index in [2.05, 4.69) is 25.5 Å². The second-order valence-corrected chi connectivity index (χ2v) is 6.30. The Labute approximate surface area is 136 Å². The number of aromatic nitrogens is 2. The minimum Gasteiger partial charge on any atom is -0.495 e. The Morgan fingerprint density at radius 2 is 2.00 bits per heavy atom. The normalized spacial score (nSPS) is 12.6. The first-order valence-electron chi connectivity index (χ1n) is 6.57. The maximum absolute atomic E-state index is 6.33. The van der Waals surface area contributed by atoms with Gasteiger partial charge in [0.15, 0.2) is 0 Å². The van der Waals surface area contributed by atoms with Crippen molar-refractivity contribution in [3.63, 3.8) is 0 Å². The standard InChI is InChI=1S/C16H14BrClN2O/c1-10(18)16-19-12-8-7-11(17)9-14(12)20(16)13-5-3-4-6-15(13)21-2/h3-10H,1-2H3. The van der Waals surface area contributed by atoms with Crippen molar-refractivity contribution in [1.29, 1.82) is 0 Å². The van der Waals surface area contributed by atoms with Crippen LogP contribution < -0.4 is 4.74 Å². The van der Waals surface area contributed by atoms with Crippen molar-refractivity contribution in [2.24, 2.45) is 0 Å². The lowest BCUT2D eigenvalue weighted by atomic mass is 10.2. The summed E-state index contributed by atoms with van der Waals surface area (Å²) in [5.74, 6) is 1.59. The lowest BCUT2D eigenvalue weighted by Crippen LogP contribution is -2.03. The molecule has 2 aromatic carbocycles. The molecule has 0 N–H and O–H groups in total. The van der Waals surface area contributed by atoms with Crippen LogP contribution in [-0.4, -0.2) is 16.7 Å². The highest BCUT2D eigenvalue weighted by molar-refractivity contribution is 9.10. The van der Waals surface area contributed by atoms with Crippen LogP contribution in [0.3, 0.4) is 0 Å². The number of methoxy groups -OCH3 is 1. The molecule has 0 aliphatic heterocycles. The van der Waals surface area contributed by atoms with Gasteiger partial charge in [-0.2, -0.15) is 0 Å². The van der Waals surface area contributed by atoms with Crippen LogP contribution >= 0.6 is 27.5 Å². The molecule has 1 atom stereocenters. The predicted octanol–water partition coefficient (Wildman–Crippen LogP) is 5.10. The molecule has 3 aromatic rings. The Morgan fingerprint density at radius 1 is 1.24 bits per heavy atom. The summed E-state index contributed by atoms with van der Waals surface area (Å²) in [6, 6.07) is 13.9. The molecule has 1 heterocycles. The van der Waals surface area contributed by atoms with Gasteiger partial charge in [0.2, 0.25) is 0 Å². The van der Waals surface area contributed by atoms with Crippen LogP contribution in [0.2, 0.25) is 0 Å². The van der Waals surface area contributed by atoms with Gasteiger partial charge < -0.3 is 4.74 Å². The summed E-state index contributed by atoms with van der Waals surface area (Å²) in [4.78, 5) is 4.66. The molecule has 0 bridgehead atoms. The summed E-state index contributed by atoms with van der Waals surface area (Å²) >= 11 is 9.84. The van der Waals surface area contributed by atoms with Crippen LogP contribution in [-0.2, 0) is 0 Å². The first-order chi connectivity index (χ1) is 10.1. The Balaban J connectivity index is 2.38. The molecule has 0 spiro atoms. The van der Waals surface area contributed by atoms with E-state index in [1.54, 1.807) is 7.11 Å². The summed E-state index contributed by atoms with van der Waals surface area (Å²) in [5.41, 5.74) is 2.84. The molecule has 0 radical (unpaired) electrons. The molecule has 5 heteroatoms. The molecule has 0 saturated heterocycles. The summed E-state index contributed by atoms with van der Waals surface area (Å²) in [6.07, 6.45) is 0. The number of rotatable bonds is 3. The first-order valence-corrected chi connectivity index (χ1v) is 7.80. The molecular formula is C16H14BrClN2O. The first kappa shape index (κ1) is 14.4. The minimum absolute atomic E-state index is 0.207. The van der Waals surface area contributed by atoms with Crippen molar-refractivity contribution in [2.75, 3.05) is 7.11 Å². The fourth-order valence-corrected chi connectivity index (χ4v) is 2.90. The zero-order valence-electron chi connectivity index (χ0n) is 11.7. The lowest BCUT2D eigenvalue weighted by Gasteiger charge is -2.14. The number of ether oxygens (including phenoxy) is 1. The zero-order valence-corrected chi connectivity index (χ0v) is 14.0. The number of nitrogens with zero attached hydrogens (tertiary/aromatic N) is 2. The van der Waals surface area contributed by atoms with Gasteiger partial charge in [-0.15, -0.1) is 11.6 Å². The second-order valence-electron chi connectivity index (χ2n) is 4.73. The highest BCUT2D eigenvalue weighted by Crippen LogP contribution is 2.33. The average Bonchev–Trinajstić information content (AvgIpc) is 2.85. The molecule has 1 aromatic heterocycles. The van der Waals surface area contributed by atoms with Gasteiger partial charge >= 0.3 is 0 Å². The SMILES string of the molecule is COc1ccccc1-n1c(C(C)Cl)nc2ccc(Br)cc21. The van der Waals surface area contributed by atoms with Crippen molar-refractivity contribution < 1.29 is 4.74 Å². The summed E-state index contributed by atoms with van der Waals surface area (Å²) < 4.78 is 8.53. The van der Waals surface area contributed by atoms with E-state index in [-0.39, 0.29) is 5.38 Å². The van der Waals surface area contributed by atoms with E-state index in [4.69, 9.17) is 16.3 Å². The van der Waals surface area contributed by atoms with Gasteiger partial charge in [-0.05, 0) is 37.3 Å². The van der Waals surface area contributed by atoms with Crippen molar-refractivity contribution in [3.8, 4) is 11.4 Å². The Morgan fingerprint density at radius 3 is 2.71 bits per heavy atom. The third-order valence-corrected chi connectivity index (χ3v) is 4.01. The molecule has 1 unspecified atom stereocenters. The predicted molar refractivity (Wildman–Crippen MR) is 89.6 cm³/mol. The van der Waals surface area contributed by atoms with Crippen molar-refractivity contribution in [1.82, 2.24) is 9.55 Å². The van der Waals surface area contributed by atoms with Crippen molar-refractivity contribution >= 4 is 38.6 Å². The van der Waals surface area contributed by atoms with E-state index in [1.807, 2.05) is 49.4 Å². The van der Waals surface area contributed by atoms with Gasteiger partial charge in [0.05, 0.1) is 29.2 Å². The Bertz CT molecular complexity index is 798. The third-order valence-electron chi connectivity index (χ3n) is 3.32. The number of imidazole rings is 1. The maximum Gasteiger partial charge on any atom is 0.142 e. The Hall–Kier alpha value is -1.52. The molecule has 0 aliphatic carbocycles. The quantitative estimate of drug-likeness (QED) is 0.604. The molecule has 3 nitrogen and oxygen atoms in total. The van der Waals surface area contributed by atoms with Gasteiger partial charge in [0.1, 0.15) is 11.6 Å². The molecule has 0 aliphatic rings. The molecule has 21 heavy (non-hydrogen) atoms. The van der Waals surface area contributed by atoms with E-state index in [0.717, 1.165) is 32.8 Å². The number of para-hydroxylation sites is 2. The van der Waals surface area contributed by atoms with E-state index >= 15 is 0 Å². The van der Waals surface area contributed by atoms with E-state index in [9.17, 15) is 0 Å². The molecule has 3 rings (SSSR count). The summed E-state index contributed by atoms with van der Waals surface area (Å²) in [5, 5.41) is -0.207. The van der Waals surface area contributed by atoms with Gasteiger partial charge in [-0.1, -0.05) is 28.1 Å². The van der Waals surface area contributed by atoms with Gasteiger partial charge in [0, 0.05) is 4.47 Å². The van der Waals surface area contributed by atoms with Crippen LogP contribution in [0.5, 0.6) is 5.75 Å². The van der Waals surface area contributed by atoms with Crippen molar-refractivity contribution in [2.45, 2.75) is 12.3 Å². The highest BCUT2D eigenvalue weighted by Gasteiger charge is 2.18. The zero-order chi connectivity index (χ0) is 15.0. The van der Waals surface area contributed by atoms with Crippen LogP contribution in [0.1, 0.15) is 18.1 Å². The largest absolute Gasteiger partial charge is 0.495 e. The number of halogens is 2. The number of alkyl halides is 1. The summed E-state index contributed by atoms with van der Waals surface area (Å²) in [7, 11) is 1.66. The third kappa shape index (κ3) is 2.54. The van der Waals surface area contributed by atoms with Gasteiger partial charge in [-0.25, -0.2) is 4.98 Å². The molecule has 0 amide bonds. The number of hydrogen-bond acceptors (Lipinski definition) is 2. The maximum atomic E-state index is 6.33. The second kappa shape index (κ2) is 5.70. The number of fused-ring (bicyclic) bond motifs is 1. The van der Waals surface area contributed by atoms with E-state index < -0.39 is 0 Å². The van der Waals surface area contributed by atoms with Crippen LogP contribution in [0.15, 0.2) is 46.9 Å².